The van der Waals surface area contributed by atoms with E-state index in [1.807, 2.05) is 19.9 Å². The molecule has 0 spiro atoms. The van der Waals surface area contributed by atoms with Crippen molar-refractivity contribution in [3.8, 4) is 0 Å². The van der Waals surface area contributed by atoms with Crippen molar-refractivity contribution in [1.82, 2.24) is 0 Å². The van der Waals surface area contributed by atoms with E-state index >= 15 is 0 Å². The maximum absolute atomic E-state index is 4.27. The predicted molar refractivity (Wildman–Crippen MR) is 52.1 cm³/mol. The van der Waals surface area contributed by atoms with Gasteiger partial charge in [-0.1, -0.05) is 24.4 Å². The van der Waals surface area contributed by atoms with Crippen LogP contribution in [0.1, 0.15) is 13.8 Å². The lowest BCUT2D eigenvalue weighted by molar-refractivity contribution is 1.43. The van der Waals surface area contributed by atoms with Crippen molar-refractivity contribution < 1.29 is 0 Å². The summed E-state index contributed by atoms with van der Waals surface area (Å²) in [4.78, 5) is 8.36. The first kappa shape index (κ1) is 8.27. The van der Waals surface area contributed by atoms with Crippen molar-refractivity contribution in [3.63, 3.8) is 0 Å². The molecule has 11 heavy (non-hydrogen) atoms. The van der Waals surface area contributed by atoms with Gasteiger partial charge in [-0.15, -0.1) is 0 Å². The molecule has 0 bridgehead atoms. The molecule has 0 aromatic heterocycles. The molecule has 0 amide bonds. The van der Waals surface area contributed by atoms with Crippen molar-refractivity contribution >= 4 is 21.8 Å². The summed E-state index contributed by atoms with van der Waals surface area (Å²) in [6.45, 7) is 7.47. The van der Waals surface area contributed by atoms with Gasteiger partial charge in [0.1, 0.15) is 5.04 Å². The molecular formula is C8H10N2S. The molecule has 1 rings (SSSR count). The van der Waals surface area contributed by atoms with Gasteiger partial charge in [0.15, 0.2) is 0 Å². The highest BCUT2D eigenvalue weighted by atomic mass is 32.2. The van der Waals surface area contributed by atoms with Crippen LogP contribution in [0.15, 0.2) is 34.5 Å². The van der Waals surface area contributed by atoms with Gasteiger partial charge in [-0.2, -0.15) is 0 Å². The van der Waals surface area contributed by atoms with Crippen LogP contribution < -0.4 is 0 Å². The second-order valence-corrected chi connectivity index (χ2v) is 3.21. The standard InChI is InChI=1S/C8H10N2S/c1-4-7-8(9-5-2)11-6(3)10-7/h4-5H,2H2,1,3H3/b7-4+,9-8?. The summed E-state index contributed by atoms with van der Waals surface area (Å²) in [6.07, 6.45) is 3.49. The van der Waals surface area contributed by atoms with E-state index in [1.165, 1.54) is 0 Å². The summed E-state index contributed by atoms with van der Waals surface area (Å²) >= 11 is 1.58. The molecule has 0 fully saturated rings. The normalized spacial score (nSPS) is 24.4. The van der Waals surface area contributed by atoms with Crippen LogP contribution in [0.2, 0.25) is 0 Å². The molecule has 0 N–H and O–H groups in total. The topological polar surface area (TPSA) is 24.7 Å². The highest BCUT2D eigenvalue weighted by Crippen LogP contribution is 2.24. The predicted octanol–water partition coefficient (Wildman–Crippen LogP) is 2.60. The van der Waals surface area contributed by atoms with E-state index in [2.05, 4.69) is 16.6 Å². The van der Waals surface area contributed by atoms with Crippen molar-refractivity contribution in [2.24, 2.45) is 9.98 Å². The molecule has 0 aliphatic carbocycles. The van der Waals surface area contributed by atoms with E-state index in [0.717, 1.165) is 15.8 Å². The Morgan fingerprint density at radius 3 is 2.91 bits per heavy atom. The van der Waals surface area contributed by atoms with E-state index in [4.69, 9.17) is 0 Å². The zero-order valence-corrected chi connectivity index (χ0v) is 7.48. The first-order valence-corrected chi connectivity index (χ1v) is 4.18. The monoisotopic (exact) mass is 166 g/mol. The Kier molecular flexibility index (Phi) is 2.65. The molecule has 0 aromatic rings. The molecule has 0 unspecified atom stereocenters. The molecule has 0 saturated carbocycles. The van der Waals surface area contributed by atoms with Crippen LogP contribution in [0.4, 0.5) is 0 Å². The largest absolute Gasteiger partial charge is 0.248 e. The summed E-state index contributed by atoms with van der Waals surface area (Å²) in [5.41, 5.74) is 0.951. The fourth-order valence-electron chi connectivity index (χ4n) is 0.796. The zero-order valence-electron chi connectivity index (χ0n) is 6.66. The molecule has 3 heteroatoms. The van der Waals surface area contributed by atoms with Gasteiger partial charge in [0.25, 0.3) is 0 Å². The summed E-state index contributed by atoms with van der Waals surface area (Å²) in [5.74, 6) is 0. The lowest BCUT2D eigenvalue weighted by atomic mass is 10.4. The Hall–Kier alpha value is -0.830. The first-order chi connectivity index (χ1) is 5.27. The van der Waals surface area contributed by atoms with Gasteiger partial charge in [0.2, 0.25) is 0 Å². The van der Waals surface area contributed by atoms with Gasteiger partial charge in [0, 0.05) is 6.20 Å². The van der Waals surface area contributed by atoms with Crippen LogP contribution in [0.25, 0.3) is 0 Å². The van der Waals surface area contributed by atoms with Crippen LogP contribution in [-0.4, -0.2) is 10.1 Å². The maximum Gasteiger partial charge on any atom is 0.127 e. The summed E-state index contributed by atoms with van der Waals surface area (Å²) < 4.78 is 0. The molecular weight excluding hydrogens is 156 g/mol. The lowest BCUT2D eigenvalue weighted by Crippen LogP contribution is -1.87. The van der Waals surface area contributed by atoms with Gasteiger partial charge in [-0.25, -0.2) is 9.98 Å². The zero-order chi connectivity index (χ0) is 8.27. The fourth-order valence-corrected chi connectivity index (χ4v) is 1.61. The Morgan fingerprint density at radius 1 is 1.64 bits per heavy atom. The van der Waals surface area contributed by atoms with Crippen LogP contribution in [-0.2, 0) is 0 Å². The second kappa shape index (κ2) is 3.53. The van der Waals surface area contributed by atoms with Crippen molar-refractivity contribution in [3.05, 3.63) is 24.6 Å². The fraction of sp³-hybridized carbons (Fsp3) is 0.250. The van der Waals surface area contributed by atoms with Crippen molar-refractivity contribution in [2.75, 3.05) is 0 Å². The van der Waals surface area contributed by atoms with Gasteiger partial charge >= 0.3 is 0 Å². The number of rotatable bonds is 1. The van der Waals surface area contributed by atoms with Crippen molar-refractivity contribution in [2.45, 2.75) is 13.8 Å². The minimum Gasteiger partial charge on any atom is -0.248 e. The molecule has 1 heterocycles. The van der Waals surface area contributed by atoms with Crippen LogP contribution in [0.3, 0.4) is 0 Å². The van der Waals surface area contributed by atoms with E-state index < -0.39 is 0 Å². The Balaban J connectivity index is 2.92. The number of hydrogen-bond acceptors (Lipinski definition) is 3. The first-order valence-electron chi connectivity index (χ1n) is 3.36. The molecule has 0 saturated heterocycles. The Morgan fingerprint density at radius 2 is 2.36 bits per heavy atom. The van der Waals surface area contributed by atoms with Gasteiger partial charge in [0.05, 0.1) is 10.7 Å². The SMILES string of the molecule is C=CN=C1SC(C)=N/C1=C/C. The summed E-state index contributed by atoms with van der Waals surface area (Å²) in [5, 5.41) is 1.98. The van der Waals surface area contributed by atoms with Gasteiger partial charge in [-0.05, 0) is 13.8 Å². The maximum atomic E-state index is 4.27. The number of aliphatic imine (C=N–C) groups is 2. The minimum atomic E-state index is 0.944. The van der Waals surface area contributed by atoms with Gasteiger partial charge < -0.3 is 0 Å². The Bertz CT molecular complexity index is 261. The summed E-state index contributed by atoms with van der Waals surface area (Å²) in [6, 6.07) is 0. The van der Waals surface area contributed by atoms with Crippen LogP contribution >= 0.6 is 11.8 Å². The van der Waals surface area contributed by atoms with Crippen LogP contribution in [0, 0.1) is 0 Å². The highest BCUT2D eigenvalue weighted by molar-refractivity contribution is 8.27. The lowest BCUT2D eigenvalue weighted by Gasteiger charge is -1.90. The molecule has 1 aliphatic heterocycles. The average molecular weight is 166 g/mol. The third-order valence-electron chi connectivity index (χ3n) is 1.22. The molecule has 1 aliphatic rings. The average Bonchev–Trinajstić information content (AvgIpc) is 2.32. The number of allylic oxidation sites excluding steroid dienone is 1. The number of thioether (sulfide) groups is 1. The smallest absolute Gasteiger partial charge is 0.127 e. The van der Waals surface area contributed by atoms with Crippen LogP contribution in [0.5, 0.6) is 0 Å². The van der Waals surface area contributed by atoms with E-state index in [0.29, 0.717) is 0 Å². The third kappa shape index (κ3) is 1.80. The quantitative estimate of drug-likeness (QED) is 0.587. The third-order valence-corrected chi connectivity index (χ3v) is 2.12. The minimum absolute atomic E-state index is 0.944. The summed E-state index contributed by atoms with van der Waals surface area (Å²) in [7, 11) is 0. The number of nitrogens with zero attached hydrogens (tertiary/aromatic N) is 2. The highest BCUT2D eigenvalue weighted by Gasteiger charge is 2.14. The Labute approximate surface area is 70.8 Å². The molecule has 0 radical (unpaired) electrons. The second-order valence-electron chi connectivity index (χ2n) is 2.02. The molecule has 58 valence electrons. The van der Waals surface area contributed by atoms with E-state index in [-0.39, 0.29) is 0 Å². The van der Waals surface area contributed by atoms with E-state index in [9.17, 15) is 0 Å². The van der Waals surface area contributed by atoms with Crippen molar-refractivity contribution in [1.29, 1.82) is 0 Å². The molecule has 2 nitrogen and oxygen atoms in total. The van der Waals surface area contributed by atoms with Gasteiger partial charge in [-0.3, -0.25) is 0 Å². The molecule has 0 atom stereocenters. The molecule has 0 aromatic carbocycles. The van der Waals surface area contributed by atoms with E-state index in [1.54, 1.807) is 18.0 Å². The number of hydrogen-bond donors (Lipinski definition) is 0.